The van der Waals surface area contributed by atoms with Crippen molar-refractivity contribution in [3.63, 3.8) is 0 Å². The first-order valence-corrected chi connectivity index (χ1v) is 5.26. The fourth-order valence-electron chi connectivity index (χ4n) is 1.45. The third-order valence-electron chi connectivity index (χ3n) is 2.41. The third kappa shape index (κ3) is 2.65. The number of primary amides is 1. The zero-order valence-electron chi connectivity index (χ0n) is 9.76. The average Bonchev–Trinajstić information content (AvgIpc) is 2.73. The Morgan fingerprint density at radius 1 is 1.56 bits per heavy atom. The van der Waals surface area contributed by atoms with Crippen LogP contribution in [0.5, 0.6) is 5.75 Å². The fourth-order valence-corrected chi connectivity index (χ4v) is 1.45. The van der Waals surface area contributed by atoms with Gasteiger partial charge < -0.3 is 10.5 Å². The summed E-state index contributed by atoms with van der Waals surface area (Å²) in [6, 6.07) is 4.05. The van der Waals surface area contributed by atoms with Gasteiger partial charge in [0.05, 0.1) is 12.4 Å². The van der Waals surface area contributed by atoms with Gasteiger partial charge in [-0.2, -0.15) is 5.10 Å². The second-order valence-corrected chi connectivity index (χ2v) is 3.81. The van der Waals surface area contributed by atoms with E-state index in [4.69, 9.17) is 10.5 Å². The number of halogens is 1. The van der Waals surface area contributed by atoms with Crippen LogP contribution in [0.4, 0.5) is 4.39 Å². The van der Waals surface area contributed by atoms with Gasteiger partial charge in [-0.1, -0.05) is 6.07 Å². The molecule has 0 spiro atoms. The van der Waals surface area contributed by atoms with E-state index in [1.165, 1.54) is 18.3 Å². The van der Waals surface area contributed by atoms with Crippen LogP contribution in [0, 0.1) is 5.82 Å². The summed E-state index contributed by atoms with van der Waals surface area (Å²) in [7, 11) is 1.76. The van der Waals surface area contributed by atoms with E-state index in [2.05, 4.69) is 5.10 Å². The maximum Gasteiger partial charge on any atom is 0.248 e. The summed E-state index contributed by atoms with van der Waals surface area (Å²) in [5.41, 5.74) is 5.54. The summed E-state index contributed by atoms with van der Waals surface area (Å²) in [6.07, 6.45) is 3.21. The van der Waals surface area contributed by atoms with Crippen LogP contribution in [0.2, 0.25) is 0 Å². The Kier molecular flexibility index (Phi) is 3.27. The second kappa shape index (κ2) is 4.87. The number of rotatable bonds is 4. The lowest BCUT2D eigenvalue weighted by Crippen LogP contribution is -2.11. The Bertz CT molecular complexity index is 580. The van der Waals surface area contributed by atoms with Crippen molar-refractivity contribution in [2.75, 3.05) is 0 Å². The van der Waals surface area contributed by atoms with E-state index in [-0.39, 0.29) is 12.2 Å². The number of ether oxygens (including phenoxy) is 1. The Morgan fingerprint density at radius 2 is 2.33 bits per heavy atom. The predicted molar refractivity (Wildman–Crippen MR) is 62.5 cm³/mol. The van der Waals surface area contributed by atoms with Crippen molar-refractivity contribution in [2.24, 2.45) is 12.8 Å². The molecule has 0 aliphatic rings. The van der Waals surface area contributed by atoms with E-state index >= 15 is 0 Å². The SMILES string of the molecule is Cn1cc(OCc2ccc(C(N)=O)cc2F)cn1. The van der Waals surface area contributed by atoms with Gasteiger partial charge in [-0.3, -0.25) is 9.48 Å². The first-order chi connectivity index (χ1) is 8.56. The summed E-state index contributed by atoms with van der Waals surface area (Å²) in [6.45, 7) is 0.0660. The number of nitrogens with zero attached hydrogens (tertiary/aromatic N) is 2. The van der Waals surface area contributed by atoms with Gasteiger partial charge in [-0.15, -0.1) is 0 Å². The highest BCUT2D eigenvalue weighted by molar-refractivity contribution is 5.92. The van der Waals surface area contributed by atoms with Crippen molar-refractivity contribution in [2.45, 2.75) is 6.61 Å². The molecule has 5 nitrogen and oxygen atoms in total. The zero-order valence-corrected chi connectivity index (χ0v) is 9.76. The summed E-state index contributed by atoms with van der Waals surface area (Å²) >= 11 is 0. The molecule has 0 atom stereocenters. The number of hydrogen-bond acceptors (Lipinski definition) is 3. The Labute approximate surface area is 103 Å². The lowest BCUT2D eigenvalue weighted by molar-refractivity contribution is 0.0999. The van der Waals surface area contributed by atoms with Crippen molar-refractivity contribution < 1.29 is 13.9 Å². The summed E-state index contributed by atoms with van der Waals surface area (Å²) in [5.74, 6) is -0.625. The van der Waals surface area contributed by atoms with Gasteiger partial charge in [0.15, 0.2) is 5.75 Å². The van der Waals surface area contributed by atoms with Crippen LogP contribution in [0.25, 0.3) is 0 Å². The van der Waals surface area contributed by atoms with E-state index in [1.807, 2.05) is 0 Å². The van der Waals surface area contributed by atoms with E-state index in [1.54, 1.807) is 17.9 Å². The Hall–Kier alpha value is -2.37. The molecule has 0 saturated heterocycles. The van der Waals surface area contributed by atoms with Crippen LogP contribution in [0.1, 0.15) is 15.9 Å². The van der Waals surface area contributed by atoms with Crippen molar-refractivity contribution in [3.05, 3.63) is 47.5 Å². The first kappa shape index (κ1) is 12.1. The molecule has 0 saturated carbocycles. The van der Waals surface area contributed by atoms with Crippen LogP contribution >= 0.6 is 0 Å². The molecule has 0 aliphatic heterocycles. The number of carbonyl (C=O) groups is 1. The van der Waals surface area contributed by atoms with Crippen LogP contribution in [0.3, 0.4) is 0 Å². The van der Waals surface area contributed by atoms with Crippen LogP contribution in [-0.2, 0) is 13.7 Å². The number of benzene rings is 1. The Balaban J connectivity index is 2.08. The van der Waals surface area contributed by atoms with Gasteiger partial charge in [0.2, 0.25) is 5.91 Å². The quantitative estimate of drug-likeness (QED) is 0.886. The highest BCUT2D eigenvalue weighted by Gasteiger charge is 2.08. The average molecular weight is 249 g/mol. The molecule has 0 aliphatic carbocycles. The largest absolute Gasteiger partial charge is 0.486 e. The number of hydrogen-bond donors (Lipinski definition) is 1. The minimum atomic E-state index is -0.659. The van der Waals surface area contributed by atoms with Crippen LogP contribution < -0.4 is 10.5 Å². The number of nitrogens with two attached hydrogens (primary N) is 1. The van der Waals surface area contributed by atoms with E-state index in [9.17, 15) is 9.18 Å². The van der Waals surface area contributed by atoms with Crippen LogP contribution in [-0.4, -0.2) is 15.7 Å². The molecule has 94 valence electrons. The van der Waals surface area contributed by atoms with Crippen molar-refractivity contribution in [1.82, 2.24) is 9.78 Å². The number of aryl methyl sites for hydroxylation is 1. The minimum Gasteiger partial charge on any atom is -0.486 e. The monoisotopic (exact) mass is 249 g/mol. The standard InChI is InChI=1S/C12H12FN3O2/c1-16-6-10(5-15-16)18-7-9-3-2-8(12(14)17)4-11(9)13/h2-6H,7H2,1H3,(H2,14,17). The molecule has 2 rings (SSSR count). The van der Waals surface area contributed by atoms with Gasteiger partial charge in [0.25, 0.3) is 0 Å². The third-order valence-corrected chi connectivity index (χ3v) is 2.41. The van der Waals surface area contributed by atoms with Crippen molar-refractivity contribution in [1.29, 1.82) is 0 Å². The van der Waals surface area contributed by atoms with E-state index < -0.39 is 11.7 Å². The molecule has 0 unspecified atom stereocenters. The minimum absolute atomic E-state index is 0.0660. The number of aromatic nitrogens is 2. The lowest BCUT2D eigenvalue weighted by atomic mass is 10.1. The van der Waals surface area contributed by atoms with Crippen molar-refractivity contribution in [3.8, 4) is 5.75 Å². The molecule has 1 aromatic carbocycles. The number of amides is 1. The molecule has 0 bridgehead atoms. The second-order valence-electron chi connectivity index (χ2n) is 3.81. The molecule has 1 aromatic heterocycles. The molecule has 2 aromatic rings. The Morgan fingerprint density at radius 3 is 2.89 bits per heavy atom. The first-order valence-electron chi connectivity index (χ1n) is 5.26. The molecular formula is C12H12FN3O2. The highest BCUT2D eigenvalue weighted by Crippen LogP contribution is 2.14. The molecule has 2 N–H and O–H groups in total. The van der Waals surface area contributed by atoms with Gasteiger partial charge in [-0.05, 0) is 12.1 Å². The number of carbonyl (C=O) groups excluding carboxylic acids is 1. The highest BCUT2D eigenvalue weighted by atomic mass is 19.1. The molecule has 0 fully saturated rings. The van der Waals surface area contributed by atoms with Gasteiger partial charge in [-0.25, -0.2) is 4.39 Å². The van der Waals surface area contributed by atoms with Gasteiger partial charge in [0, 0.05) is 18.2 Å². The predicted octanol–water partition coefficient (Wildman–Crippen LogP) is 1.24. The zero-order chi connectivity index (χ0) is 13.1. The lowest BCUT2D eigenvalue weighted by Gasteiger charge is -2.05. The summed E-state index contributed by atoms with van der Waals surface area (Å²) in [4.78, 5) is 10.9. The molecule has 1 amide bonds. The maximum absolute atomic E-state index is 13.6. The summed E-state index contributed by atoms with van der Waals surface area (Å²) < 4.78 is 20.5. The molecule has 18 heavy (non-hydrogen) atoms. The smallest absolute Gasteiger partial charge is 0.248 e. The van der Waals surface area contributed by atoms with E-state index in [0.29, 0.717) is 11.3 Å². The van der Waals surface area contributed by atoms with E-state index in [0.717, 1.165) is 6.07 Å². The molecule has 6 heteroatoms. The molecule has 0 radical (unpaired) electrons. The topological polar surface area (TPSA) is 70.1 Å². The van der Waals surface area contributed by atoms with Gasteiger partial charge >= 0.3 is 0 Å². The summed E-state index contributed by atoms with van der Waals surface area (Å²) in [5, 5.41) is 3.93. The van der Waals surface area contributed by atoms with Crippen LogP contribution in [0.15, 0.2) is 30.6 Å². The molecular weight excluding hydrogens is 237 g/mol. The van der Waals surface area contributed by atoms with Gasteiger partial charge in [0.1, 0.15) is 12.4 Å². The van der Waals surface area contributed by atoms with Crippen molar-refractivity contribution >= 4 is 5.91 Å². The normalized spacial score (nSPS) is 10.3. The molecule has 1 heterocycles. The fraction of sp³-hybridized carbons (Fsp3) is 0.167. The maximum atomic E-state index is 13.6.